The largest absolute Gasteiger partial charge is 0.371 e. The molecule has 1 N–H and O–H groups in total. The van der Waals surface area contributed by atoms with Crippen molar-refractivity contribution in [3.63, 3.8) is 0 Å². The van der Waals surface area contributed by atoms with Gasteiger partial charge in [-0.05, 0) is 74.7 Å². The summed E-state index contributed by atoms with van der Waals surface area (Å²) in [6, 6.07) is 6.96. The summed E-state index contributed by atoms with van der Waals surface area (Å²) in [6.45, 7) is 7.09. The maximum absolute atomic E-state index is 3.58. The van der Waals surface area contributed by atoms with Gasteiger partial charge in [-0.25, -0.2) is 0 Å². The van der Waals surface area contributed by atoms with Gasteiger partial charge in [0, 0.05) is 18.8 Å². The third-order valence-corrected chi connectivity index (χ3v) is 4.86. The van der Waals surface area contributed by atoms with E-state index in [2.05, 4.69) is 35.3 Å². The second-order valence-corrected chi connectivity index (χ2v) is 6.43. The number of hydrogen-bond donors (Lipinski definition) is 1. The lowest BCUT2D eigenvalue weighted by molar-refractivity contribution is 0.516. The maximum atomic E-state index is 3.58. The van der Waals surface area contributed by atoms with Crippen LogP contribution in [0.3, 0.4) is 0 Å². The fourth-order valence-corrected chi connectivity index (χ4v) is 3.76. The molecule has 1 aromatic rings. The Kier molecular flexibility index (Phi) is 4.62. The predicted molar refractivity (Wildman–Crippen MR) is 86.6 cm³/mol. The average molecular weight is 272 g/mol. The zero-order valence-corrected chi connectivity index (χ0v) is 12.8. The topological polar surface area (TPSA) is 15.3 Å². The zero-order chi connectivity index (χ0) is 13.8. The van der Waals surface area contributed by atoms with Crippen LogP contribution in [0.25, 0.3) is 0 Å². The van der Waals surface area contributed by atoms with Crippen LogP contribution >= 0.6 is 0 Å². The van der Waals surface area contributed by atoms with Crippen LogP contribution in [0.1, 0.15) is 43.7 Å². The van der Waals surface area contributed by atoms with Crippen molar-refractivity contribution >= 4 is 5.69 Å². The van der Waals surface area contributed by atoms with Gasteiger partial charge in [0.05, 0.1) is 0 Å². The standard InChI is InChI=1S/C18H28N2/c1-2-11-19-13-15-10-12-20(14-15)18-9-5-7-16-6-3-4-8-17(16)18/h5,7,9,15,19H,2-4,6,8,10-14H2,1H3. The summed E-state index contributed by atoms with van der Waals surface area (Å²) >= 11 is 0. The summed E-state index contributed by atoms with van der Waals surface area (Å²) in [5, 5.41) is 3.58. The summed E-state index contributed by atoms with van der Waals surface area (Å²) in [5.41, 5.74) is 4.81. The molecule has 2 aliphatic rings. The molecule has 1 unspecified atom stereocenters. The van der Waals surface area contributed by atoms with Gasteiger partial charge < -0.3 is 10.2 Å². The quantitative estimate of drug-likeness (QED) is 0.827. The Morgan fingerprint density at radius 1 is 1.25 bits per heavy atom. The van der Waals surface area contributed by atoms with Crippen molar-refractivity contribution in [2.24, 2.45) is 5.92 Å². The molecule has 0 spiro atoms. The monoisotopic (exact) mass is 272 g/mol. The minimum Gasteiger partial charge on any atom is -0.371 e. The summed E-state index contributed by atoms with van der Waals surface area (Å²) < 4.78 is 0. The van der Waals surface area contributed by atoms with E-state index in [0.29, 0.717) is 0 Å². The van der Waals surface area contributed by atoms with E-state index in [9.17, 15) is 0 Å². The third kappa shape index (κ3) is 3.01. The Morgan fingerprint density at radius 3 is 3.05 bits per heavy atom. The minimum absolute atomic E-state index is 0.834. The summed E-state index contributed by atoms with van der Waals surface area (Å²) in [6.07, 6.45) is 7.92. The van der Waals surface area contributed by atoms with Gasteiger partial charge in [0.2, 0.25) is 0 Å². The van der Waals surface area contributed by atoms with Gasteiger partial charge >= 0.3 is 0 Å². The van der Waals surface area contributed by atoms with Crippen molar-refractivity contribution in [1.29, 1.82) is 0 Å². The van der Waals surface area contributed by atoms with Crippen LogP contribution in [-0.4, -0.2) is 26.2 Å². The van der Waals surface area contributed by atoms with E-state index < -0.39 is 0 Å². The Morgan fingerprint density at radius 2 is 2.15 bits per heavy atom. The lowest BCUT2D eigenvalue weighted by Gasteiger charge is -2.26. The highest BCUT2D eigenvalue weighted by atomic mass is 15.2. The predicted octanol–water partition coefficient (Wildman–Crippen LogP) is 3.39. The molecule has 1 atom stereocenters. The van der Waals surface area contributed by atoms with Crippen molar-refractivity contribution in [2.75, 3.05) is 31.1 Å². The highest BCUT2D eigenvalue weighted by Crippen LogP contribution is 2.33. The van der Waals surface area contributed by atoms with Crippen molar-refractivity contribution in [3.8, 4) is 0 Å². The number of rotatable bonds is 5. The number of anilines is 1. The molecule has 2 heteroatoms. The first-order chi connectivity index (χ1) is 9.88. The number of hydrogen-bond acceptors (Lipinski definition) is 2. The van der Waals surface area contributed by atoms with E-state index in [1.165, 1.54) is 58.2 Å². The zero-order valence-electron chi connectivity index (χ0n) is 12.8. The van der Waals surface area contributed by atoms with Crippen molar-refractivity contribution in [3.05, 3.63) is 29.3 Å². The second-order valence-electron chi connectivity index (χ2n) is 6.43. The number of aryl methyl sites for hydroxylation is 1. The number of benzene rings is 1. The maximum Gasteiger partial charge on any atom is 0.0401 e. The Bertz CT molecular complexity index is 441. The number of nitrogens with one attached hydrogen (secondary N) is 1. The van der Waals surface area contributed by atoms with Crippen molar-refractivity contribution in [2.45, 2.75) is 45.4 Å². The molecule has 20 heavy (non-hydrogen) atoms. The molecule has 0 amide bonds. The first kappa shape index (κ1) is 13.9. The van der Waals surface area contributed by atoms with Gasteiger partial charge in [0.25, 0.3) is 0 Å². The molecule has 1 aromatic carbocycles. The highest BCUT2D eigenvalue weighted by molar-refractivity contribution is 5.58. The molecule has 1 aliphatic heterocycles. The molecular weight excluding hydrogens is 244 g/mol. The van der Waals surface area contributed by atoms with Crippen LogP contribution in [0.2, 0.25) is 0 Å². The molecule has 1 aliphatic carbocycles. The van der Waals surface area contributed by atoms with Crippen LogP contribution in [0.5, 0.6) is 0 Å². The molecule has 1 fully saturated rings. The molecule has 110 valence electrons. The van der Waals surface area contributed by atoms with Crippen LogP contribution in [-0.2, 0) is 12.8 Å². The number of nitrogens with zero attached hydrogens (tertiary/aromatic N) is 1. The fourth-order valence-electron chi connectivity index (χ4n) is 3.76. The van der Waals surface area contributed by atoms with E-state index in [4.69, 9.17) is 0 Å². The van der Waals surface area contributed by atoms with Gasteiger partial charge in [-0.15, -0.1) is 0 Å². The lowest BCUT2D eigenvalue weighted by atomic mass is 9.90. The molecule has 0 saturated carbocycles. The fraction of sp³-hybridized carbons (Fsp3) is 0.667. The van der Waals surface area contributed by atoms with E-state index in [1.807, 2.05) is 0 Å². The first-order valence-corrected chi connectivity index (χ1v) is 8.45. The van der Waals surface area contributed by atoms with Gasteiger partial charge in [-0.1, -0.05) is 19.1 Å². The van der Waals surface area contributed by atoms with E-state index in [0.717, 1.165) is 12.5 Å². The summed E-state index contributed by atoms with van der Waals surface area (Å²) in [7, 11) is 0. The van der Waals surface area contributed by atoms with E-state index in [1.54, 1.807) is 16.8 Å². The van der Waals surface area contributed by atoms with Gasteiger partial charge in [0.1, 0.15) is 0 Å². The Balaban J connectivity index is 1.65. The average Bonchev–Trinajstić information content (AvgIpc) is 2.96. The summed E-state index contributed by atoms with van der Waals surface area (Å²) in [4.78, 5) is 2.64. The molecule has 0 radical (unpaired) electrons. The van der Waals surface area contributed by atoms with Crippen molar-refractivity contribution in [1.82, 2.24) is 5.32 Å². The highest BCUT2D eigenvalue weighted by Gasteiger charge is 2.25. The van der Waals surface area contributed by atoms with E-state index in [-0.39, 0.29) is 0 Å². The molecule has 3 rings (SSSR count). The van der Waals surface area contributed by atoms with Crippen LogP contribution in [0.15, 0.2) is 18.2 Å². The van der Waals surface area contributed by atoms with Crippen LogP contribution in [0.4, 0.5) is 5.69 Å². The normalized spacial score (nSPS) is 22.1. The van der Waals surface area contributed by atoms with Crippen LogP contribution < -0.4 is 10.2 Å². The first-order valence-electron chi connectivity index (χ1n) is 8.45. The molecule has 0 aromatic heterocycles. The smallest absolute Gasteiger partial charge is 0.0401 e. The van der Waals surface area contributed by atoms with Crippen LogP contribution in [0, 0.1) is 5.92 Å². The molecule has 1 heterocycles. The molecular formula is C18H28N2. The Hall–Kier alpha value is -1.02. The van der Waals surface area contributed by atoms with Gasteiger partial charge in [-0.2, -0.15) is 0 Å². The molecule has 0 bridgehead atoms. The minimum atomic E-state index is 0.834. The van der Waals surface area contributed by atoms with Crippen molar-refractivity contribution < 1.29 is 0 Å². The Labute approximate surface area is 123 Å². The SMILES string of the molecule is CCCNCC1CCN(c2cccc3c2CCCC3)C1. The van der Waals surface area contributed by atoms with Gasteiger partial charge in [-0.3, -0.25) is 0 Å². The lowest BCUT2D eigenvalue weighted by Crippen LogP contribution is -2.27. The number of fused-ring (bicyclic) bond motifs is 1. The van der Waals surface area contributed by atoms with Gasteiger partial charge in [0.15, 0.2) is 0 Å². The molecule has 2 nitrogen and oxygen atoms in total. The summed E-state index contributed by atoms with van der Waals surface area (Å²) in [5.74, 6) is 0.834. The second kappa shape index (κ2) is 6.62. The van der Waals surface area contributed by atoms with E-state index >= 15 is 0 Å². The molecule has 1 saturated heterocycles. The third-order valence-electron chi connectivity index (χ3n) is 4.86.